The first kappa shape index (κ1) is 15.1. The number of nitrogens with zero attached hydrogens (tertiary/aromatic N) is 3. The molecule has 2 aromatic heterocycles. The number of anilines is 1. The number of hydrogen-bond donors (Lipinski definition) is 1. The Morgan fingerprint density at radius 2 is 2.08 bits per heavy atom. The molecule has 0 radical (unpaired) electrons. The van der Waals surface area contributed by atoms with E-state index in [1.165, 1.54) is 11.2 Å². The fourth-order valence-corrected chi connectivity index (χ4v) is 2.73. The average molecular weight is 338 g/mol. The molecule has 3 aromatic rings. The van der Waals surface area contributed by atoms with Crippen LogP contribution in [0, 0.1) is 0 Å². The fraction of sp³-hybridized carbons (Fsp3) is 0.176. The van der Waals surface area contributed by atoms with Crippen molar-refractivity contribution in [2.24, 2.45) is 0 Å². The monoisotopic (exact) mass is 338 g/mol. The highest BCUT2D eigenvalue weighted by molar-refractivity contribution is 6.40. The van der Waals surface area contributed by atoms with Crippen molar-refractivity contribution in [2.45, 2.75) is 13.0 Å². The number of amides is 2. The van der Waals surface area contributed by atoms with Crippen LogP contribution in [0.2, 0.25) is 0 Å². The lowest BCUT2D eigenvalue weighted by atomic mass is 10.2. The zero-order valence-corrected chi connectivity index (χ0v) is 13.1. The van der Waals surface area contributed by atoms with Gasteiger partial charge in [0.05, 0.1) is 12.8 Å². The quantitative estimate of drug-likeness (QED) is 0.727. The van der Waals surface area contributed by atoms with Crippen LogP contribution in [-0.2, 0) is 22.6 Å². The molecule has 1 N–H and O–H groups in total. The van der Waals surface area contributed by atoms with Gasteiger partial charge in [0.25, 0.3) is 5.89 Å². The molecule has 0 saturated carbocycles. The van der Waals surface area contributed by atoms with Gasteiger partial charge in [-0.3, -0.25) is 9.59 Å². The lowest BCUT2D eigenvalue weighted by Crippen LogP contribution is -2.42. The summed E-state index contributed by atoms with van der Waals surface area (Å²) in [6.45, 7) is 0.487. The Labute approximate surface area is 142 Å². The molecule has 0 atom stereocenters. The molecule has 2 amide bonds. The predicted octanol–water partition coefficient (Wildman–Crippen LogP) is 1.54. The van der Waals surface area contributed by atoms with Gasteiger partial charge in [0.15, 0.2) is 11.6 Å². The van der Waals surface area contributed by atoms with E-state index in [2.05, 4.69) is 15.5 Å². The van der Waals surface area contributed by atoms with Crippen LogP contribution in [0.1, 0.15) is 11.4 Å². The molecule has 0 bridgehead atoms. The number of hydrogen-bond acceptors (Lipinski definition) is 6. The molecule has 1 aliphatic heterocycles. The van der Waals surface area contributed by atoms with Crippen molar-refractivity contribution in [1.29, 1.82) is 0 Å². The van der Waals surface area contributed by atoms with Crippen LogP contribution in [0.15, 0.2) is 51.6 Å². The minimum Gasteiger partial charge on any atom is -0.459 e. The van der Waals surface area contributed by atoms with Gasteiger partial charge in [-0.05, 0) is 30.2 Å². The van der Waals surface area contributed by atoms with E-state index in [1.807, 2.05) is 24.3 Å². The van der Waals surface area contributed by atoms with E-state index >= 15 is 0 Å². The summed E-state index contributed by atoms with van der Waals surface area (Å²) in [5.74, 6) is -0.390. The minimum atomic E-state index is -0.707. The minimum absolute atomic E-state index is 0.00965. The number of furan rings is 1. The van der Waals surface area contributed by atoms with Gasteiger partial charge in [0, 0.05) is 12.2 Å². The molecule has 0 aliphatic carbocycles. The normalized spacial score (nSPS) is 12.9. The molecule has 8 heteroatoms. The van der Waals surface area contributed by atoms with Gasteiger partial charge < -0.3 is 19.2 Å². The van der Waals surface area contributed by atoms with Crippen molar-refractivity contribution in [1.82, 2.24) is 15.5 Å². The summed E-state index contributed by atoms with van der Waals surface area (Å²) in [4.78, 5) is 30.1. The van der Waals surface area contributed by atoms with E-state index in [4.69, 9.17) is 8.94 Å². The van der Waals surface area contributed by atoms with Crippen molar-refractivity contribution < 1.29 is 18.5 Å². The summed E-state index contributed by atoms with van der Waals surface area (Å²) >= 11 is 0. The molecule has 126 valence electrons. The molecule has 0 saturated heterocycles. The molecule has 0 spiro atoms. The Hall–Kier alpha value is -3.42. The van der Waals surface area contributed by atoms with Crippen LogP contribution in [0.4, 0.5) is 5.69 Å². The molecular formula is C17H14N4O4. The molecular weight excluding hydrogens is 324 g/mol. The Morgan fingerprint density at radius 3 is 2.92 bits per heavy atom. The van der Waals surface area contributed by atoms with Gasteiger partial charge in [-0.15, -0.1) is 0 Å². The first-order chi connectivity index (χ1) is 12.2. The number of para-hydroxylation sites is 1. The van der Waals surface area contributed by atoms with Gasteiger partial charge in [-0.2, -0.15) is 4.98 Å². The SMILES string of the molecule is O=C(NCc1noc(-c2ccco2)n1)C(=O)N1CCc2ccccc21. The summed E-state index contributed by atoms with van der Waals surface area (Å²) in [5, 5.41) is 6.27. The number of aromatic nitrogens is 2. The molecule has 0 fully saturated rings. The third-order valence-corrected chi connectivity index (χ3v) is 3.93. The molecule has 3 heterocycles. The average Bonchev–Trinajstić information content (AvgIpc) is 3.38. The third kappa shape index (κ3) is 2.89. The van der Waals surface area contributed by atoms with E-state index in [0.717, 1.165) is 17.7 Å². The lowest BCUT2D eigenvalue weighted by Gasteiger charge is -2.16. The molecule has 4 rings (SSSR count). The van der Waals surface area contributed by atoms with Gasteiger partial charge in [0.2, 0.25) is 0 Å². The van der Waals surface area contributed by atoms with Gasteiger partial charge in [-0.25, -0.2) is 0 Å². The van der Waals surface area contributed by atoms with Gasteiger partial charge >= 0.3 is 11.8 Å². The molecule has 1 aromatic carbocycles. The molecule has 8 nitrogen and oxygen atoms in total. The van der Waals surface area contributed by atoms with Crippen LogP contribution in [0.5, 0.6) is 0 Å². The van der Waals surface area contributed by atoms with E-state index < -0.39 is 11.8 Å². The molecule has 0 unspecified atom stereocenters. The van der Waals surface area contributed by atoms with Crippen LogP contribution in [0.25, 0.3) is 11.7 Å². The lowest BCUT2D eigenvalue weighted by molar-refractivity contribution is -0.137. The van der Waals surface area contributed by atoms with Crippen molar-refractivity contribution in [3.05, 3.63) is 54.0 Å². The Kier molecular flexibility index (Phi) is 3.77. The third-order valence-electron chi connectivity index (χ3n) is 3.93. The zero-order chi connectivity index (χ0) is 17.2. The van der Waals surface area contributed by atoms with E-state index in [9.17, 15) is 9.59 Å². The summed E-state index contributed by atoms with van der Waals surface area (Å²) in [7, 11) is 0. The highest BCUT2D eigenvalue weighted by Crippen LogP contribution is 2.27. The number of fused-ring (bicyclic) bond motifs is 1. The van der Waals surface area contributed by atoms with Crippen molar-refractivity contribution in [3.8, 4) is 11.7 Å². The molecule has 25 heavy (non-hydrogen) atoms. The van der Waals surface area contributed by atoms with E-state index in [0.29, 0.717) is 12.3 Å². The van der Waals surface area contributed by atoms with Crippen LogP contribution < -0.4 is 10.2 Å². The largest absolute Gasteiger partial charge is 0.459 e. The molecule has 1 aliphatic rings. The maximum absolute atomic E-state index is 12.4. The Morgan fingerprint density at radius 1 is 1.20 bits per heavy atom. The smallest absolute Gasteiger partial charge is 0.316 e. The second kappa shape index (κ2) is 6.23. The highest BCUT2D eigenvalue weighted by atomic mass is 16.5. The topological polar surface area (TPSA) is 101 Å². The van der Waals surface area contributed by atoms with Crippen LogP contribution in [-0.4, -0.2) is 28.5 Å². The van der Waals surface area contributed by atoms with Gasteiger partial charge in [0.1, 0.15) is 0 Å². The Balaban J connectivity index is 1.39. The Bertz CT molecular complexity index is 916. The first-order valence-electron chi connectivity index (χ1n) is 7.76. The zero-order valence-electron chi connectivity index (χ0n) is 13.1. The van der Waals surface area contributed by atoms with Crippen LogP contribution >= 0.6 is 0 Å². The second-order valence-electron chi connectivity index (χ2n) is 5.51. The fourth-order valence-electron chi connectivity index (χ4n) is 2.73. The summed E-state index contributed by atoms with van der Waals surface area (Å²) in [6, 6.07) is 10.9. The summed E-state index contributed by atoms with van der Waals surface area (Å²) in [6.07, 6.45) is 2.24. The first-order valence-corrected chi connectivity index (χ1v) is 7.76. The van der Waals surface area contributed by atoms with Crippen molar-refractivity contribution in [2.75, 3.05) is 11.4 Å². The number of benzene rings is 1. The van der Waals surface area contributed by atoms with Gasteiger partial charge in [-0.1, -0.05) is 23.4 Å². The number of nitrogens with one attached hydrogen (secondary N) is 1. The standard InChI is InChI=1S/C17H14N4O4/c22-15(17(23)21-8-7-11-4-1-2-5-12(11)21)18-10-14-19-16(25-20-14)13-6-3-9-24-13/h1-6,9H,7-8,10H2,(H,18,22). The maximum Gasteiger partial charge on any atom is 0.316 e. The van der Waals surface area contributed by atoms with E-state index in [-0.39, 0.29) is 18.3 Å². The van der Waals surface area contributed by atoms with Crippen molar-refractivity contribution >= 4 is 17.5 Å². The van der Waals surface area contributed by atoms with Crippen molar-refractivity contribution in [3.63, 3.8) is 0 Å². The number of carbonyl (C=O) groups is 2. The summed E-state index contributed by atoms with van der Waals surface area (Å²) < 4.78 is 10.2. The second-order valence-corrected chi connectivity index (χ2v) is 5.51. The maximum atomic E-state index is 12.4. The number of rotatable bonds is 3. The predicted molar refractivity (Wildman–Crippen MR) is 86.3 cm³/mol. The summed E-state index contributed by atoms with van der Waals surface area (Å²) in [5.41, 5.74) is 1.84. The number of carbonyl (C=O) groups excluding carboxylic acids is 2. The highest BCUT2D eigenvalue weighted by Gasteiger charge is 2.28. The van der Waals surface area contributed by atoms with Crippen LogP contribution in [0.3, 0.4) is 0 Å². The van der Waals surface area contributed by atoms with E-state index in [1.54, 1.807) is 12.1 Å².